The summed E-state index contributed by atoms with van der Waals surface area (Å²) in [6, 6.07) is 16.7. The van der Waals surface area contributed by atoms with Gasteiger partial charge in [-0.3, -0.25) is 5.32 Å². The molecule has 3 fully saturated rings. The molecule has 4 aliphatic carbocycles. The predicted molar refractivity (Wildman–Crippen MR) is 129 cm³/mol. The van der Waals surface area contributed by atoms with Gasteiger partial charge in [-0.15, -0.1) is 0 Å². The number of allylic oxidation sites excluding steroid dienone is 1. The Hall–Kier alpha value is -2.55. The van der Waals surface area contributed by atoms with Gasteiger partial charge in [0.05, 0.1) is 0 Å². The lowest BCUT2D eigenvalue weighted by atomic mass is 9.52. The van der Waals surface area contributed by atoms with Crippen molar-refractivity contribution in [3.8, 4) is 0 Å². The summed E-state index contributed by atoms with van der Waals surface area (Å²) >= 11 is 0. The van der Waals surface area contributed by atoms with E-state index in [0.717, 1.165) is 30.4 Å². The molecule has 4 aliphatic rings. The third-order valence-corrected chi connectivity index (χ3v) is 9.47. The van der Waals surface area contributed by atoms with Crippen LogP contribution >= 0.6 is 0 Å². The number of anilines is 1. The molecule has 0 unspecified atom stereocenters. The molecule has 3 nitrogen and oxygen atoms in total. The normalized spacial score (nSPS) is 36.6. The fourth-order valence-corrected chi connectivity index (χ4v) is 8.07. The number of carbonyl (C=O) groups excluding carboxylic acids is 1. The molecule has 6 atom stereocenters. The van der Waals surface area contributed by atoms with Crippen LogP contribution in [0.2, 0.25) is 0 Å². The maximum Gasteiger partial charge on any atom is 0.411 e. The standard InChI is InChI=1S/C29H33NO2/c1-3-7-19-10-12-23-20(16-19)11-13-25-24(23)14-15-28(2)26(17-21-18-29(21,25)28)32-27(31)30-22-8-5-4-6-9-22/h3-10,12,16,21,24-26H,11,13-15,17-18H2,1-2H3,(H,30,31)/t21-,24+,25+,26-,28+,29+/m0/s1. The molecule has 3 heteroatoms. The second-order valence-electron chi connectivity index (χ2n) is 10.7. The molecule has 166 valence electrons. The number of carbonyl (C=O) groups is 1. The Kier molecular flexibility index (Phi) is 4.54. The number of benzene rings is 2. The summed E-state index contributed by atoms with van der Waals surface area (Å²) in [6.45, 7) is 4.52. The highest BCUT2D eigenvalue weighted by atomic mass is 16.6. The zero-order chi connectivity index (χ0) is 21.9. The largest absolute Gasteiger partial charge is 0.445 e. The van der Waals surface area contributed by atoms with Crippen LogP contribution < -0.4 is 5.32 Å². The molecule has 1 spiro atoms. The lowest BCUT2D eigenvalue weighted by Crippen LogP contribution is -2.49. The Bertz CT molecular complexity index is 1080. The number of fused-ring (bicyclic) bond motifs is 3. The van der Waals surface area contributed by atoms with Gasteiger partial charge in [0.2, 0.25) is 0 Å². The first kappa shape index (κ1) is 20.1. The first-order valence-corrected chi connectivity index (χ1v) is 12.3. The molecule has 32 heavy (non-hydrogen) atoms. The molecule has 0 bridgehead atoms. The van der Waals surface area contributed by atoms with E-state index in [-0.39, 0.29) is 17.6 Å². The number of para-hydroxylation sites is 1. The van der Waals surface area contributed by atoms with E-state index in [4.69, 9.17) is 4.74 Å². The van der Waals surface area contributed by atoms with Crippen molar-refractivity contribution >= 4 is 17.9 Å². The number of aryl methyl sites for hydroxylation is 1. The maximum atomic E-state index is 12.7. The lowest BCUT2D eigenvalue weighted by molar-refractivity contribution is -0.0586. The average Bonchev–Trinajstić information content (AvgIpc) is 3.45. The summed E-state index contributed by atoms with van der Waals surface area (Å²) in [5.74, 6) is 2.13. The van der Waals surface area contributed by atoms with Crippen LogP contribution in [0.1, 0.15) is 68.6 Å². The Morgan fingerprint density at radius 3 is 2.81 bits per heavy atom. The number of nitrogens with one attached hydrogen (secondary N) is 1. The van der Waals surface area contributed by atoms with Crippen LogP contribution in [0.5, 0.6) is 0 Å². The van der Waals surface area contributed by atoms with E-state index in [9.17, 15) is 4.79 Å². The summed E-state index contributed by atoms with van der Waals surface area (Å²) in [4.78, 5) is 12.7. The van der Waals surface area contributed by atoms with Crippen LogP contribution in [0.25, 0.3) is 6.08 Å². The highest BCUT2D eigenvalue weighted by Gasteiger charge is 2.77. The van der Waals surface area contributed by atoms with Gasteiger partial charge < -0.3 is 4.74 Å². The molecule has 2 aromatic rings. The minimum Gasteiger partial charge on any atom is -0.445 e. The summed E-state index contributed by atoms with van der Waals surface area (Å²) < 4.78 is 6.12. The topological polar surface area (TPSA) is 38.3 Å². The van der Waals surface area contributed by atoms with Gasteiger partial charge in [0.25, 0.3) is 0 Å². The molecule has 2 aromatic carbocycles. The van der Waals surface area contributed by atoms with Gasteiger partial charge in [-0.1, -0.05) is 55.5 Å². The van der Waals surface area contributed by atoms with E-state index in [1.54, 1.807) is 11.1 Å². The molecule has 0 radical (unpaired) electrons. The Labute approximate surface area is 191 Å². The van der Waals surface area contributed by atoms with E-state index < -0.39 is 0 Å². The van der Waals surface area contributed by atoms with Crippen molar-refractivity contribution in [3.63, 3.8) is 0 Å². The molecule has 0 aromatic heterocycles. The predicted octanol–water partition coefficient (Wildman–Crippen LogP) is 7.19. The molecule has 3 saturated carbocycles. The van der Waals surface area contributed by atoms with Crippen molar-refractivity contribution < 1.29 is 9.53 Å². The third-order valence-electron chi connectivity index (χ3n) is 9.47. The van der Waals surface area contributed by atoms with Gasteiger partial charge >= 0.3 is 6.09 Å². The Morgan fingerprint density at radius 2 is 2.00 bits per heavy atom. The quantitative estimate of drug-likeness (QED) is 0.563. The second kappa shape index (κ2) is 7.23. The summed E-state index contributed by atoms with van der Waals surface area (Å²) in [5.41, 5.74) is 5.76. The van der Waals surface area contributed by atoms with Gasteiger partial charge in [0.15, 0.2) is 0 Å². The smallest absolute Gasteiger partial charge is 0.411 e. The van der Waals surface area contributed by atoms with E-state index in [2.05, 4.69) is 49.5 Å². The number of rotatable bonds is 3. The second-order valence-corrected chi connectivity index (χ2v) is 10.7. The zero-order valence-corrected chi connectivity index (χ0v) is 19.1. The number of hydrogen-bond acceptors (Lipinski definition) is 2. The molecular weight excluding hydrogens is 394 g/mol. The fraction of sp³-hybridized carbons (Fsp3) is 0.483. The van der Waals surface area contributed by atoms with Gasteiger partial charge in [-0.25, -0.2) is 4.79 Å². The molecular formula is C29H33NO2. The van der Waals surface area contributed by atoms with E-state index in [1.807, 2.05) is 30.3 Å². The van der Waals surface area contributed by atoms with E-state index in [1.165, 1.54) is 31.2 Å². The van der Waals surface area contributed by atoms with Crippen molar-refractivity contribution in [2.45, 2.75) is 64.4 Å². The Morgan fingerprint density at radius 1 is 1.16 bits per heavy atom. The minimum atomic E-state index is -0.300. The van der Waals surface area contributed by atoms with Crippen LogP contribution in [0.3, 0.4) is 0 Å². The third kappa shape index (κ3) is 2.82. The van der Waals surface area contributed by atoms with Gasteiger partial charge in [-0.2, -0.15) is 0 Å². The summed E-state index contributed by atoms with van der Waals surface area (Å²) in [7, 11) is 0. The molecule has 1 amide bonds. The highest BCUT2D eigenvalue weighted by molar-refractivity contribution is 5.84. The molecule has 0 saturated heterocycles. The Balaban J connectivity index is 1.23. The minimum absolute atomic E-state index is 0.0318. The molecule has 1 N–H and O–H groups in total. The van der Waals surface area contributed by atoms with Gasteiger partial charge in [0.1, 0.15) is 6.10 Å². The fourth-order valence-electron chi connectivity index (χ4n) is 8.07. The van der Waals surface area contributed by atoms with E-state index in [0.29, 0.717) is 11.3 Å². The van der Waals surface area contributed by atoms with Crippen molar-refractivity contribution in [1.82, 2.24) is 0 Å². The van der Waals surface area contributed by atoms with Gasteiger partial charge in [-0.05, 0) is 97.4 Å². The summed E-state index contributed by atoms with van der Waals surface area (Å²) in [5, 5.41) is 2.93. The molecule has 0 aliphatic heterocycles. The van der Waals surface area contributed by atoms with Crippen molar-refractivity contribution in [3.05, 3.63) is 71.3 Å². The average molecular weight is 428 g/mol. The van der Waals surface area contributed by atoms with E-state index >= 15 is 0 Å². The first-order valence-electron chi connectivity index (χ1n) is 12.3. The van der Waals surface area contributed by atoms with Gasteiger partial charge in [0, 0.05) is 11.1 Å². The molecule has 6 rings (SSSR count). The SMILES string of the molecule is CC=Cc1ccc2c(c1)CC[C@@H]1[C@@H]2CC[C@]2(C)[C@@H](OC(=O)Nc3ccccc3)C[C@H]3C[C@@]312. The van der Waals surface area contributed by atoms with Crippen LogP contribution in [-0.2, 0) is 11.2 Å². The monoisotopic (exact) mass is 427 g/mol. The number of hydrogen-bond donors (Lipinski definition) is 1. The number of ether oxygens (including phenoxy) is 1. The first-order chi connectivity index (χ1) is 15.5. The maximum absolute atomic E-state index is 12.7. The zero-order valence-electron chi connectivity index (χ0n) is 19.1. The van der Waals surface area contributed by atoms with Crippen molar-refractivity contribution in [2.24, 2.45) is 22.7 Å². The highest BCUT2D eigenvalue weighted by Crippen LogP contribution is 2.82. The van der Waals surface area contributed by atoms with Crippen LogP contribution in [-0.4, -0.2) is 12.2 Å². The molecule has 0 heterocycles. The van der Waals surface area contributed by atoms with Crippen LogP contribution in [0.15, 0.2) is 54.6 Å². The van der Waals surface area contributed by atoms with Crippen molar-refractivity contribution in [1.29, 1.82) is 0 Å². The summed E-state index contributed by atoms with van der Waals surface area (Å²) in [6.07, 6.45) is 11.3. The lowest BCUT2D eigenvalue weighted by Gasteiger charge is -2.53. The van der Waals surface area contributed by atoms with Crippen LogP contribution in [0, 0.1) is 22.7 Å². The van der Waals surface area contributed by atoms with Crippen LogP contribution in [0.4, 0.5) is 10.5 Å². The van der Waals surface area contributed by atoms with Crippen molar-refractivity contribution in [2.75, 3.05) is 5.32 Å². The number of amides is 1.